The number of fused-ring (bicyclic) bond motifs is 1. The van der Waals surface area contributed by atoms with Gasteiger partial charge in [-0.15, -0.1) is 10.2 Å². The van der Waals surface area contributed by atoms with Gasteiger partial charge in [0.25, 0.3) is 0 Å². The van der Waals surface area contributed by atoms with Crippen molar-refractivity contribution in [3.05, 3.63) is 58.5 Å². The Morgan fingerprint density at radius 3 is 2.25 bits per heavy atom. The second kappa shape index (κ2) is 6.97. The van der Waals surface area contributed by atoms with Gasteiger partial charge in [-0.2, -0.15) is 4.31 Å². The van der Waals surface area contributed by atoms with E-state index in [1.54, 1.807) is 4.31 Å². The van der Waals surface area contributed by atoms with Gasteiger partial charge in [0.1, 0.15) is 5.82 Å². The monoisotopic (exact) mass is 398 g/mol. The molecule has 1 aliphatic rings. The van der Waals surface area contributed by atoms with Crippen LogP contribution in [0, 0.1) is 27.7 Å². The molecule has 0 radical (unpaired) electrons. The molecule has 0 aliphatic carbocycles. The minimum Gasteiger partial charge on any atom is -0.286 e. The van der Waals surface area contributed by atoms with Crippen molar-refractivity contribution in [2.24, 2.45) is 0 Å². The summed E-state index contributed by atoms with van der Waals surface area (Å²) in [4.78, 5) is 0.483. The standard InChI is InChI=1S/C21H26N4O2S/c1-14-13-15(2)17(4)20(16(14)3)28(26,27)24-11-8-18(9-12-24)21-23-22-19-7-5-6-10-25(19)21/h5-7,10,13,18H,8-9,11-12H2,1-4H3. The summed E-state index contributed by atoms with van der Waals surface area (Å²) in [6.07, 6.45) is 3.46. The van der Waals surface area contributed by atoms with Gasteiger partial charge in [-0.1, -0.05) is 12.1 Å². The van der Waals surface area contributed by atoms with Gasteiger partial charge in [-0.3, -0.25) is 4.40 Å². The number of sulfonamides is 1. The molecule has 3 heterocycles. The maximum atomic E-state index is 13.4. The first-order chi connectivity index (χ1) is 13.3. The highest BCUT2D eigenvalue weighted by molar-refractivity contribution is 7.89. The SMILES string of the molecule is Cc1cc(C)c(C)c(S(=O)(=O)N2CCC(c3nnc4ccccn34)CC2)c1C. The van der Waals surface area contributed by atoms with E-state index in [0.717, 1.165) is 46.6 Å². The van der Waals surface area contributed by atoms with Crippen molar-refractivity contribution in [1.29, 1.82) is 0 Å². The fourth-order valence-electron chi connectivity index (χ4n) is 4.19. The lowest BCUT2D eigenvalue weighted by Crippen LogP contribution is -2.39. The minimum atomic E-state index is -3.51. The molecule has 6 nitrogen and oxygen atoms in total. The van der Waals surface area contributed by atoms with Crippen molar-refractivity contribution in [2.75, 3.05) is 13.1 Å². The summed E-state index contributed by atoms with van der Waals surface area (Å²) in [5.41, 5.74) is 4.58. The average Bonchev–Trinajstić information content (AvgIpc) is 3.11. The molecule has 0 spiro atoms. The highest BCUT2D eigenvalue weighted by atomic mass is 32.2. The lowest BCUT2D eigenvalue weighted by Gasteiger charge is -2.31. The fourth-order valence-corrected chi connectivity index (χ4v) is 6.23. The van der Waals surface area contributed by atoms with E-state index in [1.165, 1.54) is 0 Å². The van der Waals surface area contributed by atoms with Crippen molar-refractivity contribution in [1.82, 2.24) is 18.9 Å². The molecule has 7 heteroatoms. The number of hydrogen-bond acceptors (Lipinski definition) is 4. The van der Waals surface area contributed by atoms with Crippen LogP contribution in [0.2, 0.25) is 0 Å². The van der Waals surface area contributed by atoms with E-state index in [4.69, 9.17) is 0 Å². The number of rotatable bonds is 3. The van der Waals surface area contributed by atoms with E-state index in [1.807, 2.05) is 56.5 Å². The number of nitrogens with zero attached hydrogens (tertiary/aromatic N) is 4. The van der Waals surface area contributed by atoms with Gasteiger partial charge in [-0.05, 0) is 74.9 Å². The Bertz CT molecular complexity index is 1120. The van der Waals surface area contributed by atoms with Gasteiger partial charge >= 0.3 is 0 Å². The van der Waals surface area contributed by atoms with Crippen LogP contribution in [0.25, 0.3) is 5.65 Å². The third-order valence-electron chi connectivity index (χ3n) is 6.05. The molecule has 1 saturated heterocycles. The summed E-state index contributed by atoms with van der Waals surface area (Å²) in [6, 6.07) is 7.90. The number of aryl methyl sites for hydroxylation is 2. The van der Waals surface area contributed by atoms with Crippen molar-refractivity contribution < 1.29 is 8.42 Å². The van der Waals surface area contributed by atoms with Crippen LogP contribution in [-0.2, 0) is 10.0 Å². The van der Waals surface area contributed by atoms with Gasteiger partial charge < -0.3 is 0 Å². The van der Waals surface area contributed by atoms with Gasteiger partial charge in [0.05, 0.1) is 4.90 Å². The van der Waals surface area contributed by atoms with Gasteiger partial charge in [0, 0.05) is 25.2 Å². The number of aromatic nitrogens is 3. The van der Waals surface area contributed by atoms with Crippen molar-refractivity contribution in [2.45, 2.75) is 51.3 Å². The second-order valence-corrected chi connectivity index (χ2v) is 9.63. The van der Waals surface area contributed by atoms with Crippen molar-refractivity contribution >= 4 is 15.7 Å². The van der Waals surface area contributed by atoms with Gasteiger partial charge in [0.2, 0.25) is 10.0 Å². The molecule has 1 aromatic carbocycles. The normalized spacial score (nSPS) is 16.7. The highest BCUT2D eigenvalue weighted by Gasteiger charge is 2.34. The summed E-state index contributed by atoms with van der Waals surface area (Å²) >= 11 is 0. The molecular weight excluding hydrogens is 372 g/mol. The summed E-state index contributed by atoms with van der Waals surface area (Å²) in [5, 5.41) is 8.59. The Morgan fingerprint density at radius 2 is 1.61 bits per heavy atom. The molecule has 4 rings (SSSR count). The van der Waals surface area contributed by atoms with E-state index < -0.39 is 10.0 Å². The van der Waals surface area contributed by atoms with Gasteiger partial charge in [0.15, 0.2) is 5.65 Å². The second-order valence-electron chi connectivity index (χ2n) is 7.75. The zero-order valence-electron chi connectivity index (χ0n) is 16.8. The highest BCUT2D eigenvalue weighted by Crippen LogP contribution is 2.33. The van der Waals surface area contributed by atoms with Crippen LogP contribution in [0.1, 0.15) is 46.8 Å². The van der Waals surface area contributed by atoms with E-state index >= 15 is 0 Å². The molecule has 2 aromatic heterocycles. The zero-order valence-corrected chi connectivity index (χ0v) is 17.6. The predicted molar refractivity (Wildman–Crippen MR) is 109 cm³/mol. The summed E-state index contributed by atoms with van der Waals surface area (Å²) < 4.78 is 30.5. The minimum absolute atomic E-state index is 0.213. The quantitative estimate of drug-likeness (QED) is 0.677. The van der Waals surface area contributed by atoms with E-state index in [0.29, 0.717) is 18.0 Å². The lowest BCUT2D eigenvalue weighted by molar-refractivity contribution is 0.312. The van der Waals surface area contributed by atoms with Gasteiger partial charge in [-0.25, -0.2) is 8.42 Å². The number of benzene rings is 1. The lowest BCUT2D eigenvalue weighted by atomic mass is 9.97. The zero-order chi connectivity index (χ0) is 20.1. The molecule has 0 N–H and O–H groups in total. The van der Waals surface area contributed by atoms with Crippen LogP contribution in [0.4, 0.5) is 0 Å². The molecule has 0 unspecified atom stereocenters. The maximum Gasteiger partial charge on any atom is 0.243 e. The van der Waals surface area contributed by atoms with E-state index in [2.05, 4.69) is 16.3 Å². The fraction of sp³-hybridized carbons (Fsp3) is 0.429. The third-order valence-corrected chi connectivity index (χ3v) is 8.23. The Morgan fingerprint density at radius 1 is 0.964 bits per heavy atom. The Balaban J connectivity index is 1.60. The first kappa shape index (κ1) is 19.1. The Labute approximate surface area is 166 Å². The average molecular weight is 399 g/mol. The first-order valence-electron chi connectivity index (χ1n) is 9.68. The van der Waals surface area contributed by atoms with Crippen LogP contribution >= 0.6 is 0 Å². The van der Waals surface area contributed by atoms with Crippen molar-refractivity contribution in [3.8, 4) is 0 Å². The smallest absolute Gasteiger partial charge is 0.243 e. The largest absolute Gasteiger partial charge is 0.286 e. The summed E-state index contributed by atoms with van der Waals surface area (Å²) in [7, 11) is -3.51. The van der Waals surface area contributed by atoms with E-state index in [-0.39, 0.29) is 5.92 Å². The third kappa shape index (κ3) is 3.02. The van der Waals surface area contributed by atoms with Crippen molar-refractivity contribution in [3.63, 3.8) is 0 Å². The maximum absolute atomic E-state index is 13.4. The number of hydrogen-bond donors (Lipinski definition) is 0. The van der Waals surface area contributed by atoms with Crippen LogP contribution in [-0.4, -0.2) is 40.4 Å². The molecule has 0 amide bonds. The Kier molecular flexibility index (Phi) is 4.75. The van der Waals surface area contributed by atoms with Crippen LogP contribution < -0.4 is 0 Å². The molecule has 0 saturated carbocycles. The molecule has 1 fully saturated rings. The van der Waals surface area contributed by atoms with E-state index in [9.17, 15) is 8.42 Å². The summed E-state index contributed by atoms with van der Waals surface area (Å²) in [5.74, 6) is 1.14. The molecule has 0 atom stereocenters. The first-order valence-corrected chi connectivity index (χ1v) is 11.1. The molecule has 3 aromatic rings. The molecule has 1 aliphatic heterocycles. The Hall–Kier alpha value is -2.25. The molecule has 148 valence electrons. The molecule has 28 heavy (non-hydrogen) atoms. The van der Waals surface area contributed by atoms with Crippen LogP contribution in [0.3, 0.4) is 0 Å². The topological polar surface area (TPSA) is 67.6 Å². The number of piperidine rings is 1. The predicted octanol–water partition coefficient (Wildman–Crippen LogP) is 3.53. The number of pyridine rings is 1. The van der Waals surface area contributed by atoms with Crippen LogP contribution in [0.15, 0.2) is 35.4 Å². The summed E-state index contributed by atoms with van der Waals surface area (Å²) in [6.45, 7) is 8.77. The molecular formula is C21H26N4O2S. The van der Waals surface area contributed by atoms with Crippen LogP contribution in [0.5, 0.6) is 0 Å². The molecule has 0 bridgehead atoms.